The average Bonchev–Trinajstić information content (AvgIpc) is 2.95. The van der Waals surface area contributed by atoms with E-state index in [1.165, 1.54) is 24.3 Å². The van der Waals surface area contributed by atoms with Crippen LogP contribution < -0.4 is 0 Å². The normalized spacial score (nSPS) is 34.9. The first-order valence-electron chi connectivity index (χ1n) is 12.3. The third kappa shape index (κ3) is 6.91. The van der Waals surface area contributed by atoms with Crippen LogP contribution >= 0.6 is 0 Å². The number of aliphatic hydroxyl groups excluding tert-OH is 6. The SMILES string of the molecule is O=C(OCC1O[C@@H](OC2[C@H](O)C(CO)O[C@@H](OCc3ccccc3)[C@H]2O)[C@@H](O)C(O)[C@@H]1O)c1ccc(O)cc1. The number of rotatable bonds is 9. The van der Waals surface area contributed by atoms with Gasteiger partial charge in [-0.2, -0.15) is 0 Å². The molecule has 2 aliphatic heterocycles. The summed E-state index contributed by atoms with van der Waals surface area (Å²) in [5, 5.41) is 71.8. The van der Waals surface area contributed by atoms with Crippen LogP contribution in [0.4, 0.5) is 0 Å². The lowest BCUT2D eigenvalue weighted by Gasteiger charge is -2.46. The Hall–Kier alpha value is -2.69. The van der Waals surface area contributed by atoms with Crippen molar-refractivity contribution in [1.29, 1.82) is 0 Å². The van der Waals surface area contributed by atoms with Crippen molar-refractivity contribution in [2.24, 2.45) is 0 Å². The van der Waals surface area contributed by atoms with Crippen LogP contribution in [0.5, 0.6) is 5.75 Å². The van der Waals surface area contributed by atoms with Crippen LogP contribution in [0.25, 0.3) is 0 Å². The van der Waals surface area contributed by atoms with Gasteiger partial charge < -0.3 is 59.4 Å². The Labute approximate surface area is 223 Å². The summed E-state index contributed by atoms with van der Waals surface area (Å²) in [6.45, 7) is -1.17. The Kier molecular flexibility index (Phi) is 9.85. The van der Waals surface area contributed by atoms with Crippen LogP contribution in [-0.2, 0) is 30.3 Å². The Bertz CT molecular complexity index is 1050. The van der Waals surface area contributed by atoms with E-state index >= 15 is 0 Å². The standard InChI is InChI=1S/C26H32O13/c27-10-16-19(30)23(22(33)25(37-16)36-11-13-4-2-1-3-5-13)39-26-21(32)20(31)18(29)17(38-26)12-35-24(34)14-6-8-15(28)9-7-14/h1-9,16-23,25-33H,10-12H2/t16?,17?,18-,19-,20?,21+,22+,23?,25-,26+/m1/s1. The summed E-state index contributed by atoms with van der Waals surface area (Å²) in [5.41, 5.74) is 0.877. The highest BCUT2D eigenvalue weighted by Gasteiger charge is 2.51. The maximum Gasteiger partial charge on any atom is 0.338 e. The summed E-state index contributed by atoms with van der Waals surface area (Å²) in [5.74, 6) is -0.855. The molecule has 7 N–H and O–H groups in total. The second-order valence-corrected chi connectivity index (χ2v) is 9.26. The minimum atomic E-state index is -1.82. The predicted octanol–water partition coefficient (Wildman–Crippen LogP) is -1.60. The second-order valence-electron chi connectivity index (χ2n) is 9.26. The van der Waals surface area contributed by atoms with Crippen molar-refractivity contribution < 1.29 is 64.2 Å². The highest BCUT2D eigenvalue weighted by Crippen LogP contribution is 2.30. The minimum Gasteiger partial charge on any atom is -0.508 e. The number of ether oxygens (including phenoxy) is 5. The first kappa shape index (κ1) is 29.3. The molecule has 0 radical (unpaired) electrons. The number of esters is 1. The van der Waals surface area contributed by atoms with Gasteiger partial charge in [0.15, 0.2) is 12.6 Å². The largest absolute Gasteiger partial charge is 0.508 e. The third-order valence-corrected chi connectivity index (χ3v) is 6.52. The molecule has 2 fully saturated rings. The van der Waals surface area contributed by atoms with Crippen molar-refractivity contribution in [3.63, 3.8) is 0 Å². The van der Waals surface area contributed by atoms with Gasteiger partial charge in [-0.05, 0) is 29.8 Å². The maximum absolute atomic E-state index is 12.3. The Morgan fingerprint density at radius 3 is 2.10 bits per heavy atom. The number of aliphatic hydroxyl groups is 6. The monoisotopic (exact) mass is 552 g/mol. The van der Waals surface area contributed by atoms with E-state index in [-0.39, 0.29) is 17.9 Å². The molecular formula is C26H32O13. The number of phenolic OH excluding ortho intramolecular Hbond substituents is 1. The van der Waals surface area contributed by atoms with E-state index in [1.54, 1.807) is 24.3 Å². The fourth-order valence-electron chi connectivity index (χ4n) is 4.26. The summed E-state index contributed by atoms with van der Waals surface area (Å²) in [6.07, 6.45) is -15.6. The zero-order valence-electron chi connectivity index (χ0n) is 20.7. The molecule has 0 aromatic heterocycles. The molecule has 0 bridgehead atoms. The van der Waals surface area contributed by atoms with Gasteiger partial charge in [-0.15, -0.1) is 0 Å². The summed E-state index contributed by atoms with van der Waals surface area (Å²) in [6, 6.07) is 14.2. The van der Waals surface area contributed by atoms with Gasteiger partial charge in [-0.25, -0.2) is 4.79 Å². The smallest absolute Gasteiger partial charge is 0.338 e. The van der Waals surface area contributed by atoms with Crippen molar-refractivity contribution in [1.82, 2.24) is 0 Å². The minimum absolute atomic E-state index is 0.0332. The molecule has 2 aliphatic rings. The maximum atomic E-state index is 12.3. The average molecular weight is 553 g/mol. The van der Waals surface area contributed by atoms with Crippen LogP contribution in [0.2, 0.25) is 0 Å². The van der Waals surface area contributed by atoms with Crippen LogP contribution in [-0.4, -0.2) is 116 Å². The molecule has 13 nitrogen and oxygen atoms in total. The van der Waals surface area contributed by atoms with Crippen molar-refractivity contribution in [2.45, 2.75) is 68.0 Å². The van der Waals surface area contributed by atoms with Crippen molar-refractivity contribution in [3.05, 3.63) is 65.7 Å². The van der Waals surface area contributed by atoms with Crippen LogP contribution in [0, 0.1) is 0 Å². The Balaban J connectivity index is 1.42. The third-order valence-electron chi connectivity index (χ3n) is 6.52. The summed E-state index contributed by atoms with van der Waals surface area (Å²) < 4.78 is 27.5. The number of phenols is 1. The number of aromatic hydroxyl groups is 1. The van der Waals surface area contributed by atoms with Gasteiger partial charge in [-0.3, -0.25) is 0 Å². The molecule has 4 rings (SSSR count). The van der Waals surface area contributed by atoms with E-state index in [0.717, 1.165) is 5.56 Å². The molecule has 0 saturated carbocycles. The van der Waals surface area contributed by atoms with E-state index in [4.69, 9.17) is 23.7 Å². The molecule has 214 valence electrons. The van der Waals surface area contributed by atoms with Crippen LogP contribution in [0.15, 0.2) is 54.6 Å². The fourth-order valence-corrected chi connectivity index (χ4v) is 4.26. The van der Waals surface area contributed by atoms with Gasteiger partial charge in [0.1, 0.15) is 61.2 Å². The zero-order chi connectivity index (χ0) is 28.1. The van der Waals surface area contributed by atoms with Gasteiger partial charge in [-0.1, -0.05) is 30.3 Å². The highest BCUT2D eigenvalue weighted by molar-refractivity contribution is 5.89. The van der Waals surface area contributed by atoms with Crippen LogP contribution in [0.3, 0.4) is 0 Å². The highest BCUT2D eigenvalue weighted by atomic mass is 16.7. The Morgan fingerprint density at radius 1 is 0.769 bits per heavy atom. The first-order chi connectivity index (χ1) is 18.7. The summed E-state index contributed by atoms with van der Waals surface area (Å²) in [4.78, 5) is 12.3. The lowest BCUT2D eigenvalue weighted by molar-refractivity contribution is -0.361. The molecule has 2 aromatic carbocycles. The van der Waals surface area contributed by atoms with Crippen LogP contribution in [0.1, 0.15) is 15.9 Å². The number of hydrogen-bond donors (Lipinski definition) is 7. The molecule has 0 amide bonds. The topological polar surface area (TPSA) is 205 Å². The van der Waals surface area contributed by atoms with Crippen molar-refractivity contribution in [3.8, 4) is 5.75 Å². The molecule has 2 heterocycles. The molecule has 10 atom stereocenters. The lowest BCUT2D eigenvalue weighted by Crippen LogP contribution is -2.64. The van der Waals surface area contributed by atoms with E-state index in [0.29, 0.717) is 0 Å². The Morgan fingerprint density at radius 2 is 1.44 bits per heavy atom. The molecule has 39 heavy (non-hydrogen) atoms. The van der Waals surface area contributed by atoms with E-state index in [1.807, 2.05) is 6.07 Å². The van der Waals surface area contributed by atoms with Gasteiger partial charge in [0.25, 0.3) is 0 Å². The number of hydrogen-bond acceptors (Lipinski definition) is 13. The number of carbonyl (C=O) groups excluding carboxylic acids is 1. The van der Waals surface area contributed by atoms with Crippen molar-refractivity contribution in [2.75, 3.05) is 13.2 Å². The van der Waals surface area contributed by atoms with E-state index in [2.05, 4.69) is 0 Å². The van der Waals surface area contributed by atoms with Gasteiger partial charge in [0, 0.05) is 0 Å². The second kappa shape index (κ2) is 13.1. The molecule has 13 heteroatoms. The van der Waals surface area contributed by atoms with E-state index in [9.17, 15) is 40.5 Å². The summed E-state index contributed by atoms with van der Waals surface area (Å²) >= 11 is 0. The van der Waals surface area contributed by atoms with Gasteiger partial charge >= 0.3 is 5.97 Å². The number of benzene rings is 2. The van der Waals surface area contributed by atoms with E-state index < -0.39 is 80.6 Å². The number of carbonyl (C=O) groups is 1. The first-order valence-corrected chi connectivity index (χ1v) is 12.3. The molecule has 0 aliphatic carbocycles. The zero-order valence-corrected chi connectivity index (χ0v) is 20.7. The summed E-state index contributed by atoms with van der Waals surface area (Å²) in [7, 11) is 0. The van der Waals surface area contributed by atoms with Gasteiger partial charge in [0.2, 0.25) is 0 Å². The van der Waals surface area contributed by atoms with Gasteiger partial charge in [0.05, 0.1) is 18.8 Å². The molecule has 0 spiro atoms. The molecule has 4 unspecified atom stereocenters. The lowest BCUT2D eigenvalue weighted by atomic mass is 9.97. The predicted molar refractivity (Wildman–Crippen MR) is 129 cm³/mol. The quantitative estimate of drug-likeness (QED) is 0.175. The van der Waals surface area contributed by atoms with Crippen molar-refractivity contribution >= 4 is 5.97 Å². The fraction of sp³-hybridized carbons (Fsp3) is 0.500. The molecule has 2 aromatic rings. The molecular weight excluding hydrogens is 520 g/mol. The molecule has 2 saturated heterocycles.